The Morgan fingerprint density at radius 3 is 2.80 bits per heavy atom. The lowest BCUT2D eigenvalue weighted by atomic mass is 10.2. The maximum atomic E-state index is 4.34. The summed E-state index contributed by atoms with van der Waals surface area (Å²) < 4.78 is 1.37. The van der Waals surface area contributed by atoms with Crippen LogP contribution in [0.25, 0.3) is 0 Å². The Labute approximate surface area is 108 Å². The van der Waals surface area contributed by atoms with Gasteiger partial charge in [-0.25, -0.2) is 4.98 Å². The molecule has 0 radical (unpaired) electrons. The lowest BCUT2D eigenvalue weighted by Gasteiger charge is -2.24. The van der Waals surface area contributed by atoms with Gasteiger partial charge in [0, 0.05) is 11.3 Å². The van der Waals surface area contributed by atoms with Crippen molar-refractivity contribution in [2.75, 3.05) is 12.8 Å². The zero-order valence-corrected chi connectivity index (χ0v) is 12.7. The Morgan fingerprint density at radius 1 is 1.67 bits per heavy atom. The highest BCUT2D eigenvalue weighted by Crippen LogP contribution is 2.25. The van der Waals surface area contributed by atoms with Gasteiger partial charge in [-0.1, -0.05) is 0 Å². The highest BCUT2D eigenvalue weighted by atomic mass is 79.9. The Hall–Kier alpha value is 0.420. The quantitative estimate of drug-likeness (QED) is 0.898. The molecule has 0 amide bonds. The van der Waals surface area contributed by atoms with Crippen LogP contribution in [0.1, 0.15) is 31.8 Å². The molecule has 1 heterocycles. The van der Waals surface area contributed by atoms with Crippen molar-refractivity contribution < 1.29 is 0 Å². The Bertz CT molecular complexity index is 312. The van der Waals surface area contributed by atoms with Crippen molar-refractivity contribution in [1.29, 1.82) is 0 Å². The molecule has 5 heteroatoms. The number of halogens is 1. The van der Waals surface area contributed by atoms with Gasteiger partial charge in [-0.3, -0.25) is 0 Å². The number of rotatable bonds is 5. The third kappa shape index (κ3) is 4.43. The second-order valence-electron chi connectivity index (χ2n) is 4.07. The van der Waals surface area contributed by atoms with Crippen LogP contribution in [0.15, 0.2) is 9.98 Å². The highest BCUT2D eigenvalue weighted by Gasteiger charge is 2.18. The van der Waals surface area contributed by atoms with E-state index in [0.29, 0.717) is 6.04 Å². The van der Waals surface area contributed by atoms with Gasteiger partial charge in [0.05, 0.1) is 16.0 Å². The average Bonchev–Trinajstić information content (AvgIpc) is 2.61. The minimum atomic E-state index is 0.281. The van der Waals surface area contributed by atoms with Crippen molar-refractivity contribution in [3.05, 3.63) is 15.0 Å². The summed E-state index contributed by atoms with van der Waals surface area (Å²) in [6.45, 7) is 7.64. The predicted octanol–water partition coefficient (Wildman–Crippen LogP) is 3.70. The number of thioether (sulfide) groups is 1. The fourth-order valence-electron chi connectivity index (χ4n) is 1.03. The molecule has 0 fully saturated rings. The molecule has 1 unspecified atom stereocenters. The molecule has 15 heavy (non-hydrogen) atoms. The van der Waals surface area contributed by atoms with Crippen molar-refractivity contribution in [3.8, 4) is 0 Å². The first-order valence-electron chi connectivity index (χ1n) is 4.84. The fourth-order valence-corrected chi connectivity index (χ4v) is 2.52. The molecule has 1 atom stereocenters. The summed E-state index contributed by atoms with van der Waals surface area (Å²) in [6.07, 6.45) is 4.00. The molecule has 2 nitrogen and oxygen atoms in total. The van der Waals surface area contributed by atoms with Crippen LogP contribution >= 0.6 is 39.0 Å². The number of thiazole rings is 1. The number of nitrogens with zero attached hydrogens (tertiary/aromatic N) is 1. The lowest BCUT2D eigenvalue weighted by molar-refractivity contribution is 0.521. The largest absolute Gasteiger partial charge is 0.307 e. The van der Waals surface area contributed by atoms with E-state index in [1.54, 1.807) is 11.3 Å². The molecule has 1 aromatic heterocycles. The Kier molecular flexibility index (Phi) is 5.09. The van der Waals surface area contributed by atoms with Crippen LogP contribution in [-0.4, -0.2) is 22.5 Å². The van der Waals surface area contributed by atoms with E-state index in [-0.39, 0.29) is 4.75 Å². The van der Waals surface area contributed by atoms with Crippen molar-refractivity contribution in [2.45, 2.75) is 31.6 Å². The standard InChI is InChI=1S/C10H17BrN2S2/c1-7(9-12-5-8(11)15-9)13-6-10(2,3)14-4/h5,7,13H,6H2,1-4H3. The molecule has 0 bridgehead atoms. The molecule has 0 saturated carbocycles. The van der Waals surface area contributed by atoms with Gasteiger partial charge in [0.25, 0.3) is 0 Å². The van der Waals surface area contributed by atoms with E-state index in [1.165, 1.54) is 0 Å². The summed E-state index contributed by atoms with van der Waals surface area (Å²) in [5.74, 6) is 0. The first-order chi connectivity index (χ1) is 6.94. The van der Waals surface area contributed by atoms with Gasteiger partial charge in [0.15, 0.2) is 0 Å². The zero-order valence-electron chi connectivity index (χ0n) is 9.50. The molecule has 0 aliphatic carbocycles. The summed E-state index contributed by atoms with van der Waals surface area (Å²) in [5, 5.41) is 4.65. The van der Waals surface area contributed by atoms with E-state index >= 15 is 0 Å². The predicted molar refractivity (Wildman–Crippen MR) is 73.8 cm³/mol. The molecule has 0 aliphatic heterocycles. The van der Waals surface area contributed by atoms with E-state index in [0.717, 1.165) is 15.3 Å². The van der Waals surface area contributed by atoms with Gasteiger partial charge < -0.3 is 5.32 Å². The SMILES string of the molecule is CSC(C)(C)CNC(C)c1ncc(Br)s1. The zero-order chi connectivity index (χ0) is 11.5. The van der Waals surface area contributed by atoms with Crippen LogP contribution in [0.5, 0.6) is 0 Å². The van der Waals surface area contributed by atoms with E-state index in [4.69, 9.17) is 0 Å². The van der Waals surface area contributed by atoms with Crippen molar-refractivity contribution in [1.82, 2.24) is 10.3 Å². The Morgan fingerprint density at radius 2 is 2.33 bits per heavy atom. The summed E-state index contributed by atoms with van der Waals surface area (Å²) in [5.41, 5.74) is 0. The molecule has 86 valence electrons. The van der Waals surface area contributed by atoms with Crippen LogP contribution in [0.3, 0.4) is 0 Å². The van der Waals surface area contributed by atoms with E-state index in [2.05, 4.69) is 53.3 Å². The van der Waals surface area contributed by atoms with Gasteiger partial charge in [0.2, 0.25) is 0 Å². The monoisotopic (exact) mass is 308 g/mol. The van der Waals surface area contributed by atoms with Gasteiger partial charge in [-0.2, -0.15) is 11.8 Å². The van der Waals surface area contributed by atoms with E-state index in [9.17, 15) is 0 Å². The van der Waals surface area contributed by atoms with Gasteiger partial charge in [0.1, 0.15) is 5.01 Å². The number of hydrogen-bond acceptors (Lipinski definition) is 4. The van der Waals surface area contributed by atoms with Crippen molar-refractivity contribution >= 4 is 39.0 Å². The average molecular weight is 309 g/mol. The number of hydrogen-bond donors (Lipinski definition) is 1. The third-order valence-corrected chi connectivity index (χ3v) is 5.16. The van der Waals surface area contributed by atoms with Gasteiger partial charge >= 0.3 is 0 Å². The molecule has 0 aromatic carbocycles. The molecule has 0 spiro atoms. The smallest absolute Gasteiger partial charge is 0.110 e. The van der Waals surface area contributed by atoms with E-state index in [1.807, 2.05) is 18.0 Å². The molecule has 0 aliphatic rings. The molecule has 1 aromatic rings. The maximum Gasteiger partial charge on any atom is 0.110 e. The van der Waals surface area contributed by atoms with Crippen LogP contribution in [0.2, 0.25) is 0 Å². The highest BCUT2D eigenvalue weighted by molar-refractivity contribution is 9.11. The molecule has 1 rings (SSSR count). The minimum absolute atomic E-state index is 0.281. The van der Waals surface area contributed by atoms with Crippen molar-refractivity contribution in [3.63, 3.8) is 0 Å². The molecule has 0 saturated heterocycles. The second-order valence-corrected chi connectivity index (χ2v) is 8.02. The first-order valence-corrected chi connectivity index (χ1v) is 7.68. The van der Waals surface area contributed by atoms with Crippen LogP contribution in [0, 0.1) is 0 Å². The topological polar surface area (TPSA) is 24.9 Å². The normalized spacial score (nSPS) is 14.2. The van der Waals surface area contributed by atoms with Gasteiger partial charge in [-0.05, 0) is 43.0 Å². The third-order valence-electron chi connectivity index (χ3n) is 2.25. The number of aromatic nitrogens is 1. The van der Waals surface area contributed by atoms with Crippen LogP contribution in [-0.2, 0) is 0 Å². The summed E-state index contributed by atoms with van der Waals surface area (Å²) in [6, 6.07) is 0.327. The second kappa shape index (κ2) is 5.66. The molecular weight excluding hydrogens is 292 g/mol. The molecular formula is C10H17BrN2S2. The first kappa shape index (κ1) is 13.5. The lowest BCUT2D eigenvalue weighted by Crippen LogP contribution is -2.33. The molecule has 1 N–H and O–H groups in total. The minimum Gasteiger partial charge on any atom is -0.307 e. The summed E-state index contributed by atoms with van der Waals surface area (Å²) in [4.78, 5) is 4.34. The number of nitrogens with one attached hydrogen (secondary N) is 1. The van der Waals surface area contributed by atoms with Gasteiger partial charge in [-0.15, -0.1) is 11.3 Å². The maximum absolute atomic E-state index is 4.34. The van der Waals surface area contributed by atoms with Crippen LogP contribution in [0.4, 0.5) is 0 Å². The van der Waals surface area contributed by atoms with Crippen LogP contribution < -0.4 is 5.32 Å². The Balaban J connectivity index is 2.46. The summed E-state index contributed by atoms with van der Waals surface area (Å²) in [7, 11) is 0. The fraction of sp³-hybridized carbons (Fsp3) is 0.700. The van der Waals surface area contributed by atoms with Crippen molar-refractivity contribution in [2.24, 2.45) is 0 Å². The van der Waals surface area contributed by atoms with E-state index < -0.39 is 0 Å². The summed E-state index contributed by atoms with van der Waals surface area (Å²) >= 11 is 7.00.